The molecule has 0 aliphatic rings. The topological polar surface area (TPSA) is 12.0 Å². The van der Waals surface area contributed by atoms with Crippen LogP contribution in [0, 0.1) is 32.4 Å². The van der Waals surface area contributed by atoms with Gasteiger partial charge in [-0.05, 0) is 55.6 Å². The van der Waals surface area contributed by atoms with E-state index < -0.39 is 11.6 Å². The molecule has 3 heteroatoms. The number of hydrogen-bond donors (Lipinski definition) is 1. The highest BCUT2D eigenvalue weighted by Crippen LogP contribution is 2.30. The first-order chi connectivity index (χ1) is 9.95. The third kappa shape index (κ3) is 3.13. The largest absolute Gasteiger partial charge is 0.306 e. The molecule has 2 rings (SSSR count). The Balaban J connectivity index is 2.62. The summed E-state index contributed by atoms with van der Waals surface area (Å²) in [5, 5.41) is 3.32. The maximum Gasteiger partial charge on any atom is 0.131 e. The third-order valence-corrected chi connectivity index (χ3v) is 3.83. The van der Waals surface area contributed by atoms with E-state index in [4.69, 9.17) is 0 Å². The molecule has 1 N–H and O–H groups in total. The lowest BCUT2D eigenvalue weighted by atomic mass is 9.90. The summed E-state index contributed by atoms with van der Waals surface area (Å²) >= 11 is 0. The second-order valence-corrected chi connectivity index (χ2v) is 5.42. The minimum atomic E-state index is -0.508. The normalized spacial score (nSPS) is 12.5. The maximum absolute atomic E-state index is 14.3. The molecule has 1 unspecified atom stereocenters. The van der Waals surface area contributed by atoms with Crippen LogP contribution in [0.15, 0.2) is 30.3 Å². The predicted octanol–water partition coefficient (Wildman–Crippen LogP) is 4.59. The summed E-state index contributed by atoms with van der Waals surface area (Å²) < 4.78 is 27.8. The van der Waals surface area contributed by atoms with Gasteiger partial charge < -0.3 is 5.32 Å². The molecule has 0 saturated heterocycles. The lowest BCUT2D eigenvalue weighted by Gasteiger charge is -2.24. The van der Waals surface area contributed by atoms with Crippen LogP contribution in [0.3, 0.4) is 0 Å². The van der Waals surface area contributed by atoms with Crippen molar-refractivity contribution in [1.29, 1.82) is 0 Å². The van der Waals surface area contributed by atoms with Crippen molar-refractivity contribution in [3.8, 4) is 0 Å². The highest BCUT2D eigenvalue weighted by molar-refractivity contribution is 5.43. The van der Waals surface area contributed by atoms with Gasteiger partial charge in [0.15, 0.2) is 0 Å². The summed E-state index contributed by atoms with van der Waals surface area (Å²) in [6.45, 7) is 8.37. The zero-order valence-corrected chi connectivity index (χ0v) is 12.9. The van der Waals surface area contributed by atoms with Crippen LogP contribution in [-0.2, 0) is 0 Å². The van der Waals surface area contributed by atoms with Crippen LogP contribution in [0.2, 0.25) is 0 Å². The van der Waals surface area contributed by atoms with Gasteiger partial charge >= 0.3 is 0 Å². The predicted molar refractivity (Wildman–Crippen MR) is 82.5 cm³/mol. The van der Waals surface area contributed by atoms with Crippen molar-refractivity contribution in [2.45, 2.75) is 33.7 Å². The third-order valence-electron chi connectivity index (χ3n) is 3.83. The quantitative estimate of drug-likeness (QED) is 0.868. The van der Waals surface area contributed by atoms with Gasteiger partial charge in [-0.25, -0.2) is 8.78 Å². The molecule has 0 heterocycles. The molecular weight excluding hydrogens is 268 g/mol. The summed E-state index contributed by atoms with van der Waals surface area (Å²) in [7, 11) is 0. The van der Waals surface area contributed by atoms with Gasteiger partial charge in [0.2, 0.25) is 0 Å². The molecule has 0 spiro atoms. The fourth-order valence-corrected chi connectivity index (χ4v) is 2.76. The van der Waals surface area contributed by atoms with E-state index in [9.17, 15) is 8.78 Å². The Morgan fingerprint density at radius 2 is 1.57 bits per heavy atom. The van der Waals surface area contributed by atoms with Crippen LogP contribution in [0.5, 0.6) is 0 Å². The molecule has 0 aliphatic heterocycles. The van der Waals surface area contributed by atoms with E-state index in [0.29, 0.717) is 17.7 Å². The Labute approximate surface area is 125 Å². The van der Waals surface area contributed by atoms with Crippen LogP contribution in [0.1, 0.15) is 40.8 Å². The summed E-state index contributed by atoms with van der Waals surface area (Å²) in [6, 6.07) is 8.33. The minimum absolute atomic E-state index is 0.268. The zero-order chi connectivity index (χ0) is 15.6. The summed E-state index contributed by atoms with van der Waals surface area (Å²) in [6.07, 6.45) is 0. The Morgan fingerprint density at radius 3 is 2.14 bits per heavy atom. The van der Waals surface area contributed by atoms with Crippen molar-refractivity contribution in [3.63, 3.8) is 0 Å². The van der Waals surface area contributed by atoms with E-state index in [1.807, 2.05) is 39.0 Å². The van der Waals surface area contributed by atoms with Gasteiger partial charge in [-0.15, -0.1) is 0 Å². The molecule has 0 radical (unpaired) electrons. The molecule has 0 bridgehead atoms. The van der Waals surface area contributed by atoms with Crippen molar-refractivity contribution in [2.75, 3.05) is 6.54 Å². The van der Waals surface area contributed by atoms with Gasteiger partial charge in [-0.1, -0.05) is 25.1 Å². The van der Waals surface area contributed by atoms with Gasteiger partial charge in [0.1, 0.15) is 11.6 Å². The minimum Gasteiger partial charge on any atom is -0.306 e. The van der Waals surface area contributed by atoms with Crippen LogP contribution >= 0.6 is 0 Å². The zero-order valence-electron chi connectivity index (χ0n) is 12.9. The smallest absolute Gasteiger partial charge is 0.131 e. The van der Waals surface area contributed by atoms with Crippen molar-refractivity contribution >= 4 is 0 Å². The first-order valence-corrected chi connectivity index (χ1v) is 7.20. The average molecular weight is 289 g/mol. The number of rotatable bonds is 4. The number of halogens is 2. The summed E-state index contributed by atoms with van der Waals surface area (Å²) in [5.41, 5.74) is 4.21. The molecule has 0 amide bonds. The van der Waals surface area contributed by atoms with Crippen LogP contribution < -0.4 is 5.32 Å². The Hall–Kier alpha value is -1.74. The van der Waals surface area contributed by atoms with Gasteiger partial charge in [0.05, 0.1) is 6.04 Å². The number of aryl methyl sites for hydroxylation is 3. The van der Waals surface area contributed by atoms with E-state index in [1.54, 1.807) is 13.0 Å². The highest BCUT2D eigenvalue weighted by Gasteiger charge is 2.21. The number of nitrogens with one attached hydrogen (secondary N) is 1. The molecule has 0 aliphatic carbocycles. The van der Waals surface area contributed by atoms with Gasteiger partial charge in [0.25, 0.3) is 0 Å². The number of benzene rings is 2. The molecule has 21 heavy (non-hydrogen) atoms. The van der Waals surface area contributed by atoms with E-state index in [-0.39, 0.29) is 6.04 Å². The Kier molecular flexibility index (Phi) is 4.73. The molecule has 0 fully saturated rings. The van der Waals surface area contributed by atoms with Gasteiger partial charge in [0, 0.05) is 11.6 Å². The standard InChI is InChI=1S/C18H21F2N/c1-5-21-18(17-11(2)7-6-8-12(17)3)14-9-13(4)15(19)10-16(14)20/h6-10,18,21H,5H2,1-4H3. The van der Waals surface area contributed by atoms with Crippen LogP contribution in [0.4, 0.5) is 8.78 Å². The molecular formula is C18H21F2N. The summed E-state index contributed by atoms with van der Waals surface area (Å²) in [5.74, 6) is -1.01. The average Bonchev–Trinajstić information content (AvgIpc) is 2.42. The second kappa shape index (κ2) is 6.35. The summed E-state index contributed by atoms with van der Waals surface area (Å²) in [4.78, 5) is 0. The van der Waals surface area contributed by atoms with Crippen molar-refractivity contribution in [1.82, 2.24) is 5.32 Å². The Morgan fingerprint density at radius 1 is 0.952 bits per heavy atom. The molecule has 0 aromatic heterocycles. The van der Waals surface area contributed by atoms with Gasteiger partial charge in [-0.2, -0.15) is 0 Å². The van der Waals surface area contributed by atoms with E-state index in [0.717, 1.165) is 22.8 Å². The molecule has 2 aromatic carbocycles. The lowest BCUT2D eigenvalue weighted by Crippen LogP contribution is -2.25. The maximum atomic E-state index is 14.3. The molecule has 112 valence electrons. The SMILES string of the molecule is CCNC(c1cc(C)c(F)cc1F)c1c(C)cccc1C. The molecule has 2 aromatic rings. The fourth-order valence-electron chi connectivity index (χ4n) is 2.76. The highest BCUT2D eigenvalue weighted by atomic mass is 19.1. The second-order valence-electron chi connectivity index (χ2n) is 5.42. The van der Waals surface area contributed by atoms with E-state index in [1.165, 1.54) is 0 Å². The van der Waals surface area contributed by atoms with Crippen molar-refractivity contribution in [3.05, 3.63) is 69.8 Å². The monoisotopic (exact) mass is 289 g/mol. The molecule has 1 nitrogen and oxygen atoms in total. The van der Waals surface area contributed by atoms with E-state index in [2.05, 4.69) is 5.32 Å². The molecule has 1 atom stereocenters. The van der Waals surface area contributed by atoms with Crippen LogP contribution in [0.25, 0.3) is 0 Å². The van der Waals surface area contributed by atoms with Crippen LogP contribution in [-0.4, -0.2) is 6.54 Å². The number of hydrogen-bond acceptors (Lipinski definition) is 1. The first kappa shape index (κ1) is 15.6. The molecule has 0 saturated carbocycles. The van der Waals surface area contributed by atoms with Crippen molar-refractivity contribution < 1.29 is 8.78 Å². The Bertz CT molecular complexity index is 630. The first-order valence-electron chi connectivity index (χ1n) is 7.20. The van der Waals surface area contributed by atoms with Crippen molar-refractivity contribution in [2.24, 2.45) is 0 Å². The lowest BCUT2D eigenvalue weighted by molar-refractivity contribution is 0.536. The van der Waals surface area contributed by atoms with Gasteiger partial charge in [-0.3, -0.25) is 0 Å². The van der Waals surface area contributed by atoms with E-state index >= 15 is 0 Å². The fraction of sp³-hybridized carbons (Fsp3) is 0.333.